The molecule has 3 aliphatic rings. The van der Waals surface area contributed by atoms with Gasteiger partial charge in [-0.25, -0.2) is 4.39 Å². The average molecular weight is 722 g/mol. The quantitative estimate of drug-likeness (QED) is 0.252. The molecule has 0 bridgehead atoms. The van der Waals surface area contributed by atoms with Crippen LogP contribution in [-0.4, -0.2) is 141 Å². The fourth-order valence-corrected chi connectivity index (χ4v) is 8.20. The number of Topliss-reactive ketones (excluding diaryl/α,β-unsaturated/α-hetero) is 1. The van der Waals surface area contributed by atoms with Crippen molar-refractivity contribution >= 4 is 11.8 Å². The number of alkyl halides is 1. The molecule has 3 heterocycles. The van der Waals surface area contributed by atoms with E-state index in [-0.39, 0.29) is 18.9 Å². The molecule has 0 spiro atoms. The van der Waals surface area contributed by atoms with E-state index < -0.39 is 120 Å². The van der Waals surface area contributed by atoms with E-state index in [1.807, 2.05) is 11.8 Å². The minimum absolute atomic E-state index is 0.173. The summed E-state index contributed by atoms with van der Waals surface area (Å²) in [5.41, 5.74) is -6.42. The first kappa shape index (κ1) is 43.1. The molecule has 5 N–H and O–H groups in total. The van der Waals surface area contributed by atoms with Gasteiger partial charge in [-0.2, -0.15) is 0 Å². The number of carbonyl (C=O) groups is 2. The number of esters is 1. The Morgan fingerprint density at radius 2 is 1.48 bits per heavy atom. The van der Waals surface area contributed by atoms with Gasteiger partial charge in [0.1, 0.15) is 18.3 Å². The standard InChI is InChI=1S/C36H64FNO12/c1-13-24-18(3)26(39)19(4)29(41)34(8,37)16-36(10,45)31(50-33-27(40)23(38(11)12)14-17(2)46-33)20(5)28(21(6)32(43)48-24)49-25-15-35(9,44)30(42)22(7)47-25/h17-28,30-31,33,39-40,42,44-45H,13-16H2,1-12H3/t17?,18-,19+,20?,21?,22?,23?,24?,25-,26-,27+,28?,30-,31+,33?,34-,35+,36-/m0/s1. The lowest BCUT2D eigenvalue weighted by Crippen LogP contribution is -2.61. The maximum Gasteiger partial charge on any atom is 0.311 e. The first-order valence-corrected chi connectivity index (χ1v) is 18.1. The fourth-order valence-electron chi connectivity index (χ4n) is 8.20. The molecule has 18 atom stereocenters. The molecule has 0 saturated carbocycles. The maximum absolute atomic E-state index is 16.7. The molecular weight excluding hydrogens is 657 g/mol. The van der Waals surface area contributed by atoms with E-state index in [9.17, 15) is 35.1 Å². The molecule has 3 rings (SSSR count). The molecule has 13 nitrogen and oxygen atoms in total. The molecule has 8 unspecified atom stereocenters. The van der Waals surface area contributed by atoms with Crippen LogP contribution in [-0.2, 0) is 33.3 Å². The second-order valence-corrected chi connectivity index (χ2v) is 16.3. The number of hydrogen-bond acceptors (Lipinski definition) is 13. The maximum atomic E-state index is 16.7. The minimum atomic E-state index is -2.66. The first-order chi connectivity index (χ1) is 22.9. The summed E-state index contributed by atoms with van der Waals surface area (Å²) >= 11 is 0. The summed E-state index contributed by atoms with van der Waals surface area (Å²) in [6, 6.07) is -0.391. The van der Waals surface area contributed by atoms with E-state index in [0.29, 0.717) is 6.42 Å². The van der Waals surface area contributed by atoms with Gasteiger partial charge in [-0.15, -0.1) is 0 Å². The number of hydrogen-bond donors (Lipinski definition) is 5. The van der Waals surface area contributed by atoms with Gasteiger partial charge >= 0.3 is 5.97 Å². The van der Waals surface area contributed by atoms with Crippen molar-refractivity contribution in [3.05, 3.63) is 0 Å². The molecule has 14 heteroatoms. The number of aliphatic hydroxyl groups excluding tert-OH is 3. The molecule has 3 aliphatic heterocycles. The van der Waals surface area contributed by atoms with Gasteiger partial charge in [0, 0.05) is 36.6 Å². The highest BCUT2D eigenvalue weighted by molar-refractivity contribution is 5.89. The van der Waals surface area contributed by atoms with Crippen LogP contribution in [0, 0.1) is 23.7 Å². The van der Waals surface area contributed by atoms with Crippen LogP contribution in [0.4, 0.5) is 4.39 Å². The van der Waals surface area contributed by atoms with Crippen LogP contribution in [0.15, 0.2) is 0 Å². The predicted octanol–water partition coefficient (Wildman–Crippen LogP) is 2.11. The van der Waals surface area contributed by atoms with Crippen LogP contribution in [0.3, 0.4) is 0 Å². The highest BCUT2D eigenvalue weighted by Crippen LogP contribution is 2.41. The van der Waals surface area contributed by atoms with Gasteiger partial charge in [-0.1, -0.05) is 27.7 Å². The highest BCUT2D eigenvalue weighted by Gasteiger charge is 2.54. The van der Waals surface area contributed by atoms with Crippen molar-refractivity contribution in [3.8, 4) is 0 Å². The Morgan fingerprint density at radius 1 is 0.880 bits per heavy atom. The highest BCUT2D eigenvalue weighted by atomic mass is 19.1. The third-order valence-electron chi connectivity index (χ3n) is 11.3. The molecular formula is C36H64FNO12. The van der Waals surface area contributed by atoms with E-state index >= 15 is 4.39 Å². The zero-order valence-corrected chi connectivity index (χ0v) is 31.9. The molecule has 0 aromatic heterocycles. The molecule has 0 amide bonds. The average Bonchev–Trinajstić information content (AvgIpc) is 3.01. The number of rotatable bonds is 6. The fraction of sp³-hybridized carbons (Fsp3) is 0.944. The lowest BCUT2D eigenvalue weighted by molar-refractivity contribution is -0.317. The van der Waals surface area contributed by atoms with Crippen molar-refractivity contribution in [1.82, 2.24) is 4.90 Å². The van der Waals surface area contributed by atoms with E-state index in [2.05, 4.69) is 0 Å². The summed E-state index contributed by atoms with van der Waals surface area (Å²) in [4.78, 5) is 29.5. The first-order valence-electron chi connectivity index (χ1n) is 18.1. The summed E-state index contributed by atoms with van der Waals surface area (Å²) in [6.07, 6.45) is -11.1. The Bertz CT molecular complexity index is 1150. The van der Waals surface area contributed by atoms with Crippen molar-refractivity contribution in [2.75, 3.05) is 14.1 Å². The molecule has 0 aliphatic carbocycles. The Hall–Kier alpha value is -1.33. The molecule has 292 valence electrons. The number of carbonyl (C=O) groups excluding carboxylic acids is 2. The monoisotopic (exact) mass is 721 g/mol. The number of ketones is 1. The van der Waals surface area contributed by atoms with Crippen LogP contribution in [0.2, 0.25) is 0 Å². The lowest BCUT2D eigenvalue weighted by Gasteiger charge is -2.48. The van der Waals surface area contributed by atoms with Crippen molar-refractivity contribution in [3.63, 3.8) is 0 Å². The number of likely N-dealkylation sites (N-methyl/N-ethyl adjacent to an activating group) is 1. The summed E-state index contributed by atoms with van der Waals surface area (Å²) in [5, 5.41) is 56.4. The number of halogens is 1. The summed E-state index contributed by atoms with van der Waals surface area (Å²) < 4.78 is 47.5. The normalized spacial score (nSPS) is 50.5. The topological polar surface area (TPSA) is 185 Å². The van der Waals surface area contributed by atoms with Crippen LogP contribution in [0.5, 0.6) is 0 Å². The molecule has 3 saturated heterocycles. The van der Waals surface area contributed by atoms with Crippen LogP contribution in [0.25, 0.3) is 0 Å². The SMILES string of the molecule is CCC1OC(=O)C(C)C(O[C@H]2C[C@@](C)(O)[C@@H](O)C(C)O2)C(C)[C@@H](OC2OC(C)CC(N(C)C)[C@H]2O)[C@@](C)(O)C[C@](C)(F)C(=O)[C@H](C)[C@@H](O)[C@H]1C. The van der Waals surface area contributed by atoms with Gasteiger partial charge in [0.25, 0.3) is 0 Å². The van der Waals surface area contributed by atoms with Gasteiger partial charge in [0.05, 0.1) is 47.6 Å². The second kappa shape index (κ2) is 16.4. The van der Waals surface area contributed by atoms with Crippen molar-refractivity contribution in [1.29, 1.82) is 0 Å². The van der Waals surface area contributed by atoms with Crippen molar-refractivity contribution < 1.29 is 63.2 Å². The van der Waals surface area contributed by atoms with Crippen molar-refractivity contribution in [2.24, 2.45) is 23.7 Å². The lowest BCUT2D eigenvalue weighted by atomic mass is 9.73. The van der Waals surface area contributed by atoms with Gasteiger partial charge in [0.2, 0.25) is 0 Å². The Kier molecular flexibility index (Phi) is 14.1. The number of aliphatic hydroxyl groups is 5. The zero-order valence-electron chi connectivity index (χ0n) is 31.9. The van der Waals surface area contributed by atoms with E-state index in [1.165, 1.54) is 20.8 Å². The smallest absolute Gasteiger partial charge is 0.311 e. The van der Waals surface area contributed by atoms with Gasteiger partial charge in [-0.3, -0.25) is 9.59 Å². The molecule has 3 fully saturated rings. The molecule has 0 aromatic rings. The van der Waals surface area contributed by atoms with Gasteiger partial charge in [0.15, 0.2) is 24.0 Å². The molecule has 50 heavy (non-hydrogen) atoms. The minimum Gasteiger partial charge on any atom is -0.462 e. The van der Waals surface area contributed by atoms with E-state index in [0.717, 1.165) is 6.92 Å². The van der Waals surface area contributed by atoms with E-state index in [1.54, 1.807) is 48.7 Å². The molecule has 0 aromatic carbocycles. The van der Waals surface area contributed by atoms with Crippen LogP contribution < -0.4 is 0 Å². The number of nitrogens with zero attached hydrogens (tertiary/aromatic N) is 1. The third-order valence-corrected chi connectivity index (χ3v) is 11.3. The Labute approximate surface area is 296 Å². The van der Waals surface area contributed by atoms with Gasteiger partial charge < -0.3 is 54.1 Å². The Balaban J connectivity index is 2.19. The summed E-state index contributed by atoms with van der Waals surface area (Å²) in [5.74, 6) is -5.69. The third kappa shape index (κ3) is 9.42. The Morgan fingerprint density at radius 3 is 2.02 bits per heavy atom. The summed E-state index contributed by atoms with van der Waals surface area (Å²) in [7, 11) is 3.61. The molecule has 0 radical (unpaired) electrons. The summed E-state index contributed by atoms with van der Waals surface area (Å²) in [6.45, 7) is 15.2. The zero-order chi connectivity index (χ0) is 38.3. The predicted molar refractivity (Wildman–Crippen MR) is 180 cm³/mol. The van der Waals surface area contributed by atoms with Crippen LogP contribution in [0.1, 0.15) is 94.9 Å². The van der Waals surface area contributed by atoms with Gasteiger partial charge in [-0.05, 0) is 68.5 Å². The van der Waals surface area contributed by atoms with Crippen molar-refractivity contribution in [2.45, 2.75) is 179 Å². The second-order valence-electron chi connectivity index (χ2n) is 16.3. The van der Waals surface area contributed by atoms with Crippen LogP contribution >= 0.6 is 0 Å². The van der Waals surface area contributed by atoms with E-state index in [4.69, 9.17) is 23.7 Å². The largest absolute Gasteiger partial charge is 0.462 e. The number of cyclic esters (lactones) is 1. The number of ether oxygens (including phenoxy) is 5.